The van der Waals surface area contributed by atoms with Gasteiger partial charge in [-0.1, -0.05) is 12.1 Å². The SMILES string of the molecule is CCc1cc(CN(C)C(=O)OC(C)(C)C)no1. The molecule has 0 aliphatic carbocycles. The summed E-state index contributed by atoms with van der Waals surface area (Å²) in [5, 5.41) is 3.88. The topological polar surface area (TPSA) is 55.6 Å². The highest BCUT2D eigenvalue weighted by atomic mass is 16.6. The highest BCUT2D eigenvalue weighted by Gasteiger charge is 2.20. The van der Waals surface area contributed by atoms with E-state index >= 15 is 0 Å². The second-order valence-electron chi connectivity index (χ2n) is 4.97. The standard InChI is InChI=1S/C12H20N2O3/c1-6-10-7-9(13-17-10)8-14(5)11(15)16-12(2,3)4/h7H,6,8H2,1-5H3. The van der Waals surface area contributed by atoms with Crippen molar-refractivity contribution in [2.24, 2.45) is 0 Å². The van der Waals surface area contributed by atoms with Crippen molar-refractivity contribution in [3.05, 3.63) is 17.5 Å². The van der Waals surface area contributed by atoms with Crippen LogP contribution in [0, 0.1) is 0 Å². The van der Waals surface area contributed by atoms with E-state index in [1.165, 1.54) is 4.90 Å². The molecular weight excluding hydrogens is 220 g/mol. The maximum atomic E-state index is 11.7. The van der Waals surface area contributed by atoms with Gasteiger partial charge in [0.1, 0.15) is 17.1 Å². The average Bonchev–Trinajstić information content (AvgIpc) is 2.62. The first-order chi connectivity index (χ1) is 7.81. The van der Waals surface area contributed by atoms with E-state index in [2.05, 4.69) is 5.16 Å². The van der Waals surface area contributed by atoms with Gasteiger partial charge in [-0.15, -0.1) is 0 Å². The van der Waals surface area contributed by atoms with Crippen molar-refractivity contribution in [1.82, 2.24) is 10.1 Å². The van der Waals surface area contributed by atoms with E-state index in [1.54, 1.807) is 7.05 Å². The lowest BCUT2D eigenvalue weighted by atomic mass is 10.2. The fourth-order valence-electron chi connectivity index (χ4n) is 1.24. The average molecular weight is 240 g/mol. The lowest BCUT2D eigenvalue weighted by Crippen LogP contribution is -2.33. The molecule has 1 rings (SSSR count). The van der Waals surface area contributed by atoms with Crippen LogP contribution in [0.25, 0.3) is 0 Å². The van der Waals surface area contributed by atoms with Gasteiger partial charge >= 0.3 is 6.09 Å². The Morgan fingerprint density at radius 3 is 2.65 bits per heavy atom. The zero-order chi connectivity index (χ0) is 13.1. The van der Waals surface area contributed by atoms with Gasteiger partial charge in [0.05, 0.1) is 6.54 Å². The molecule has 0 aliphatic rings. The third kappa shape index (κ3) is 4.46. The molecule has 0 aromatic carbocycles. The number of aryl methyl sites for hydroxylation is 1. The van der Waals surface area contributed by atoms with Crippen LogP contribution < -0.4 is 0 Å². The Balaban J connectivity index is 2.54. The second-order valence-corrected chi connectivity index (χ2v) is 4.97. The van der Waals surface area contributed by atoms with Crippen LogP contribution in [0.2, 0.25) is 0 Å². The first-order valence-corrected chi connectivity index (χ1v) is 5.70. The minimum atomic E-state index is -0.482. The van der Waals surface area contributed by atoms with E-state index in [0.29, 0.717) is 6.54 Å². The zero-order valence-electron chi connectivity index (χ0n) is 11.1. The third-order valence-corrected chi connectivity index (χ3v) is 2.06. The van der Waals surface area contributed by atoms with E-state index in [0.717, 1.165) is 17.9 Å². The number of ether oxygens (including phenoxy) is 1. The maximum absolute atomic E-state index is 11.7. The molecule has 0 N–H and O–H groups in total. The van der Waals surface area contributed by atoms with Crippen LogP contribution in [0.1, 0.15) is 39.1 Å². The zero-order valence-corrected chi connectivity index (χ0v) is 11.1. The first kappa shape index (κ1) is 13.5. The fourth-order valence-corrected chi connectivity index (χ4v) is 1.24. The number of carbonyl (C=O) groups excluding carboxylic acids is 1. The monoisotopic (exact) mass is 240 g/mol. The number of rotatable bonds is 3. The van der Waals surface area contributed by atoms with Gasteiger partial charge in [-0.3, -0.25) is 0 Å². The van der Waals surface area contributed by atoms with Crippen molar-refractivity contribution in [3.63, 3.8) is 0 Å². The van der Waals surface area contributed by atoms with Crippen molar-refractivity contribution in [3.8, 4) is 0 Å². The highest BCUT2D eigenvalue weighted by molar-refractivity contribution is 5.67. The lowest BCUT2D eigenvalue weighted by molar-refractivity contribution is 0.0282. The molecule has 0 bridgehead atoms. The molecular formula is C12H20N2O3. The van der Waals surface area contributed by atoms with E-state index in [9.17, 15) is 4.79 Å². The molecule has 0 spiro atoms. The third-order valence-electron chi connectivity index (χ3n) is 2.06. The van der Waals surface area contributed by atoms with Crippen LogP contribution >= 0.6 is 0 Å². The molecule has 1 amide bonds. The first-order valence-electron chi connectivity index (χ1n) is 5.70. The van der Waals surface area contributed by atoms with Gasteiger partial charge < -0.3 is 14.2 Å². The van der Waals surface area contributed by atoms with Gasteiger partial charge in [-0.2, -0.15) is 0 Å². The van der Waals surface area contributed by atoms with Crippen LogP contribution in [0.3, 0.4) is 0 Å². The summed E-state index contributed by atoms with van der Waals surface area (Å²) in [6, 6.07) is 1.85. The normalized spacial score (nSPS) is 11.4. The minimum absolute atomic E-state index is 0.362. The van der Waals surface area contributed by atoms with Gasteiger partial charge in [0, 0.05) is 19.5 Å². The molecule has 1 heterocycles. The number of aromatic nitrogens is 1. The van der Waals surface area contributed by atoms with Crippen LogP contribution in [-0.2, 0) is 17.7 Å². The number of hydrogen-bond acceptors (Lipinski definition) is 4. The Bertz CT molecular complexity index is 379. The number of hydrogen-bond donors (Lipinski definition) is 0. The minimum Gasteiger partial charge on any atom is -0.444 e. The molecule has 0 atom stereocenters. The summed E-state index contributed by atoms with van der Waals surface area (Å²) in [4.78, 5) is 13.2. The molecule has 17 heavy (non-hydrogen) atoms. The summed E-state index contributed by atoms with van der Waals surface area (Å²) in [6.45, 7) is 7.89. The fraction of sp³-hybridized carbons (Fsp3) is 0.667. The summed E-state index contributed by atoms with van der Waals surface area (Å²) < 4.78 is 10.3. The van der Waals surface area contributed by atoms with E-state index in [4.69, 9.17) is 9.26 Å². The molecule has 1 aromatic heterocycles. The Morgan fingerprint density at radius 1 is 1.53 bits per heavy atom. The Hall–Kier alpha value is -1.52. The van der Waals surface area contributed by atoms with E-state index < -0.39 is 5.60 Å². The summed E-state index contributed by atoms with van der Waals surface area (Å²) >= 11 is 0. The molecule has 0 aliphatic heterocycles. The Morgan fingerprint density at radius 2 is 2.18 bits per heavy atom. The Kier molecular flexibility index (Phi) is 4.15. The largest absolute Gasteiger partial charge is 0.444 e. The molecule has 5 heteroatoms. The van der Waals surface area contributed by atoms with E-state index in [-0.39, 0.29) is 6.09 Å². The Labute approximate surface area is 102 Å². The lowest BCUT2D eigenvalue weighted by Gasteiger charge is -2.24. The summed E-state index contributed by atoms with van der Waals surface area (Å²) in [7, 11) is 1.67. The van der Waals surface area contributed by atoms with Gasteiger partial charge in [0.25, 0.3) is 0 Å². The van der Waals surface area contributed by atoms with Crippen molar-refractivity contribution < 1.29 is 14.1 Å². The highest BCUT2D eigenvalue weighted by Crippen LogP contribution is 2.11. The molecule has 5 nitrogen and oxygen atoms in total. The van der Waals surface area contributed by atoms with Gasteiger partial charge in [0.2, 0.25) is 0 Å². The number of carbonyl (C=O) groups is 1. The molecule has 0 unspecified atom stereocenters. The maximum Gasteiger partial charge on any atom is 0.410 e. The summed E-state index contributed by atoms with van der Waals surface area (Å²) in [6.07, 6.45) is 0.432. The predicted octanol–water partition coefficient (Wildman–Crippen LogP) is 2.60. The van der Waals surface area contributed by atoms with Crippen molar-refractivity contribution >= 4 is 6.09 Å². The van der Waals surface area contributed by atoms with Gasteiger partial charge in [-0.05, 0) is 20.8 Å². The van der Waals surface area contributed by atoms with Crippen LogP contribution in [0.4, 0.5) is 4.79 Å². The molecule has 1 aromatic rings. The van der Waals surface area contributed by atoms with Crippen LogP contribution in [0.15, 0.2) is 10.6 Å². The predicted molar refractivity (Wildman–Crippen MR) is 63.6 cm³/mol. The second kappa shape index (κ2) is 5.21. The van der Waals surface area contributed by atoms with Crippen molar-refractivity contribution in [2.45, 2.75) is 46.3 Å². The number of nitrogens with zero attached hydrogens (tertiary/aromatic N) is 2. The van der Waals surface area contributed by atoms with Crippen molar-refractivity contribution in [2.75, 3.05) is 7.05 Å². The molecule has 0 radical (unpaired) electrons. The van der Waals surface area contributed by atoms with E-state index in [1.807, 2.05) is 33.8 Å². The van der Waals surface area contributed by atoms with Crippen LogP contribution in [-0.4, -0.2) is 28.8 Å². The molecule has 0 saturated heterocycles. The number of amides is 1. The quantitative estimate of drug-likeness (QED) is 0.815. The summed E-state index contributed by atoms with van der Waals surface area (Å²) in [5.74, 6) is 0.817. The molecule has 0 fully saturated rings. The van der Waals surface area contributed by atoms with Crippen molar-refractivity contribution in [1.29, 1.82) is 0 Å². The smallest absolute Gasteiger partial charge is 0.410 e. The summed E-state index contributed by atoms with van der Waals surface area (Å²) in [5.41, 5.74) is 0.249. The van der Waals surface area contributed by atoms with Gasteiger partial charge in [0.15, 0.2) is 0 Å². The molecule has 96 valence electrons. The van der Waals surface area contributed by atoms with Gasteiger partial charge in [-0.25, -0.2) is 4.79 Å². The van der Waals surface area contributed by atoms with Crippen LogP contribution in [0.5, 0.6) is 0 Å². The molecule has 0 saturated carbocycles.